The molecule has 38 heavy (non-hydrogen) atoms. The topological polar surface area (TPSA) is 146 Å². The summed E-state index contributed by atoms with van der Waals surface area (Å²) in [6.45, 7) is 1.82. The molecule has 1 aliphatic carbocycles. The van der Waals surface area contributed by atoms with E-state index >= 15 is 0 Å². The minimum absolute atomic E-state index is 0.0623. The van der Waals surface area contributed by atoms with E-state index in [-0.39, 0.29) is 22.5 Å². The van der Waals surface area contributed by atoms with Crippen LogP contribution in [-0.4, -0.2) is 60.9 Å². The second-order valence-corrected chi connectivity index (χ2v) is 11.2. The number of aromatic nitrogens is 2. The SMILES string of the molecule is O=C(NCCCN1CCCC1=O)Nc1nc2ccc(OS(=O)(=O)c3ccc(NC4CCCC4)cc3)cc2[nH]1. The van der Waals surface area contributed by atoms with Gasteiger partial charge in [-0.3, -0.25) is 10.1 Å². The quantitative estimate of drug-likeness (QED) is 0.226. The van der Waals surface area contributed by atoms with Gasteiger partial charge in [0.1, 0.15) is 10.6 Å². The minimum atomic E-state index is -4.03. The van der Waals surface area contributed by atoms with Crippen LogP contribution in [-0.2, 0) is 14.9 Å². The Morgan fingerprint density at radius 3 is 2.63 bits per heavy atom. The predicted molar refractivity (Wildman–Crippen MR) is 144 cm³/mol. The Kier molecular flexibility index (Phi) is 7.68. The third kappa shape index (κ3) is 6.36. The van der Waals surface area contributed by atoms with Crippen molar-refractivity contribution in [3.63, 3.8) is 0 Å². The molecule has 3 aromatic rings. The number of fused-ring (bicyclic) bond motifs is 1. The molecule has 2 fully saturated rings. The fraction of sp³-hybridized carbons (Fsp3) is 0.423. The second-order valence-electron chi connectivity index (χ2n) is 9.67. The number of rotatable bonds is 10. The summed E-state index contributed by atoms with van der Waals surface area (Å²) in [5.41, 5.74) is 1.94. The Morgan fingerprint density at radius 1 is 1.11 bits per heavy atom. The number of imidazole rings is 1. The number of hydrogen-bond donors (Lipinski definition) is 4. The lowest BCUT2D eigenvalue weighted by Crippen LogP contribution is -2.33. The molecule has 1 aromatic heterocycles. The maximum absolute atomic E-state index is 12.8. The summed E-state index contributed by atoms with van der Waals surface area (Å²) in [6, 6.07) is 11.2. The molecule has 1 saturated heterocycles. The van der Waals surface area contributed by atoms with Gasteiger partial charge in [-0.15, -0.1) is 0 Å². The third-order valence-electron chi connectivity index (χ3n) is 6.82. The van der Waals surface area contributed by atoms with E-state index in [1.807, 2.05) is 4.90 Å². The summed E-state index contributed by atoms with van der Waals surface area (Å²) in [4.78, 5) is 33.0. The number of carbonyl (C=O) groups is 2. The normalized spacial score (nSPS) is 16.2. The molecule has 5 rings (SSSR count). The number of nitrogens with one attached hydrogen (secondary N) is 4. The summed E-state index contributed by atoms with van der Waals surface area (Å²) in [7, 11) is -4.03. The highest BCUT2D eigenvalue weighted by Gasteiger charge is 2.20. The summed E-state index contributed by atoms with van der Waals surface area (Å²) in [5, 5.41) is 8.81. The lowest BCUT2D eigenvalue weighted by Gasteiger charge is -2.15. The summed E-state index contributed by atoms with van der Waals surface area (Å²) in [5.74, 6) is 0.511. The zero-order chi connectivity index (χ0) is 26.5. The summed E-state index contributed by atoms with van der Waals surface area (Å²) in [6.07, 6.45) is 6.84. The van der Waals surface area contributed by atoms with Crippen LogP contribution >= 0.6 is 0 Å². The zero-order valence-electron chi connectivity index (χ0n) is 21.0. The molecule has 11 nitrogen and oxygen atoms in total. The van der Waals surface area contributed by atoms with Gasteiger partial charge in [0.05, 0.1) is 11.0 Å². The molecular weight excluding hydrogens is 508 g/mol. The van der Waals surface area contributed by atoms with Gasteiger partial charge < -0.3 is 24.7 Å². The summed E-state index contributed by atoms with van der Waals surface area (Å²) >= 11 is 0. The first-order valence-electron chi connectivity index (χ1n) is 13.0. The molecule has 1 saturated carbocycles. The van der Waals surface area contributed by atoms with Crippen molar-refractivity contribution >= 4 is 44.7 Å². The average Bonchev–Trinajstić information content (AvgIpc) is 3.63. The highest BCUT2D eigenvalue weighted by atomic mass is 32.2. The van der Waals surface area contributed by atoms with Crippen LogP contribution in [0.5, 0.6) is 5.75 Å². The molecule has 202 valence electrons. The molecule has 0 spiro atoms. The van der Waals surface area contributed by atoms with E-state index in [9.17, 15) is 18.0 Å². The molecule has 2 heterocycles. The standard InChI is InChI=1S/C26H32N6O5S/c33-24-7-3-15-32(24)16-4-14-27-26(34)31-25-29-22-13-10-20(17-23(22)30-25)37-38(35,36)21-11-8-19(9-12-21)28-18-5-1-2-6-18/h8-13,17-18,28H,1-7,14-16H2,(H3,27,29,30,31,34). The molecule has 3 amide bonds. The third-order valence-corrected chi connectivity index (χ3v) is 8.08. The van der Waals surface area contributed by atoms with E-state index in [0.29, 0.717) is 43.0 Å². The van der Waals surface area contributed by atoms with Crippen LogP contribution < -0.4 is 20.1 Å². The number of nitrogens with zero attached hydrogens (tertiary/aromatic N) is 2. The number of likely N-dealkylation sites (tertiary alicyclic amines) is 1. The number of hydrogen-bond acceptors (Lipinski definition) is 7. The number of benzene rings is 2. The monoisotopic (exact) mass is 540 g/mol. The Labute approximate surface area is 221 Å². The van der Waals surface area contributed by atoms with Crippen molar-refractivity contribution in [1.29, 1.82) is 0 Å². The van der Waals surface area contributed by atoms with Crippen molar-refractivity contribution in [2.75, 3.05) is 30.3 Å². The number of H-pyrrole nitrogens is 1. The van der Waals surface area contributed by atoms with Gasteiger partial charge in [0, 0.05) is 43.9 Å². The van der Waals surface area contributed by atoms with Crippen LogP contribution in [0, 0.1) is 0 Å². The maximum atomic E-state index is 12.8. The number of urea groups is 1. The van der Waals surface area contributed by atoms with Gasteiger partial charge >= 0.3 is 16.1 Å². The average molecular weight is 541 g/mol. The highest BCUT2D eigenvalue weighted by molar-refractivity contribution is 7.87. The number of amides is 3. The van der Waals surface area contributed by atoms with E-state index in [1.165, 1.54) is 37.1 Å². The number of anilines is 2. The van der Waals surface area contributed by atoms with E-state index < -0.39 is 16.1 Å². The van der Waals surface area contributed by atoms with Crippen LogP contribution in [0.3, 0.4) is 0 Å². The molecule has 0 atom stereocenters. The van der Waals surface area contributed by atoms with Gasteiger partial charge in [0.2, 0.25) is 11.9 Å². The Bertz CT molecular complexity index is 1400. The lowest BCUT2D eigenvalue weighted by molar-refractivity contribution is -0.127. The zero-order valence-corrected chi connectivity index (χ0v) is 21.9. The van der Waals surface area contributed by atoms with Crippen molar-refractivity contribution in [3.8, 4) is 5.75 Å². The smallest absolute Gasteiger partial charge is 0.339 e. The van der Waals surface area contributed by atoms with E-state index in [0.717, 1.165) is 31.5 Å². The van der Waals surface area contributed by atoms with Crippen molar-refractivity contribution in [2.24, 2.45) is 0 Å². The highest BCUT2D eigenvalue weighted by Crippen LogP contribution is 2.26. The first kappa shape index (κ1) is 25.8. The van der Waals surface area contributed by atoms with E-state index in [1.54, 1.807) is 18.2 Å². The van der Waals surface area contributed by atoms with Gasteiger partial charge in [-0.1, -0.05) is 12.8 Å². The van der Waals surface area contributed by atoms with E-state index in [4.69, 9.17) is 4.18 Å². The molecule has 0 bridgehead atoms. The Hall–Kier alpha value is -3.80. The predicted octanol–water partition coefficient (Wildman–Crippen LogP) is 3.82. The fourth-order valence-electron chi connectivity index (χ4n) is 4.86. The first-order valence-corrected chi connectivity index (χ1v) is 14.4. The van der Waals surface area contributed by atoms with Gasteiger partial charge in [-0.2, -0.15) is 8.42 Å². The van der Waals surface area contributed by atoms with Gasteiger partial charge in [0.25, 0.3) is 0 Å². The van der Waals surface area contributed by atoms with Crippen molar-refractivity contribution in [3.05, 3.63) is 42.5 Å². The first-order chi connectivity index (χ1) is 18.4. The van der Waals surface area contributed by atoms with Crippen LogP contribution in [0.25, 0.3) is 11.0 Å². The van der Waals surface area contributed by atoms with Crippen molar-refractivity contribution in [1.82, 2.24) is 20.2 Å². The summed E-state index contributed by atoms with van der Waals surface area (Å²) < 4.78 is 31.0. The second kappa shape index (κ2) is 11.3. The van der Waals surface area contributed by atoms with Crippen LogP contribution in [0.1, 0.15) is 44.9 Å². The van der Waals surface area contributed by atoms with E-state index in [2.05, 4.69) is 25.9 Å². The maximum Gasteiger partial charge on any atom is 0.339 e. The van der Waals surface area contributed by atoms with Gasteiger partial charge in [-0.05, 0) is 62.1 Å². The molecule has 0 unspecified atom stereocenters. The largest absolute Gasteiger partial charge is 0.382 e. The molecule has 2 aromatic carbocycles. The lowest BCUT2D eigenvalue weighted by atomic mass is 10.2. The molecule has 1 aliphatic heterocycles. The Balaban J connectivity index is 1.14. The van der Waals surface area contributed by atoms with Crippen LogP contribution in [0.4, 0.5) is 16.4 Å². The molecular formula is C26H32N6O5S. The minimum Gasteiger partial charge on any atom is -0.382 e. The van der Waals surface area contributed by atoms with Gasteiger partial charge in [0.15, 0.2) is 0 Å². The fourth-order valence-corrected chi connectivity index (χ4v) is 5.78. The molecule has 12 heteroatoms. The molecule has 4 N–H and O–H groups in total. The van der Waals surface area contributed by atoms with Crippen molar-refractivity contribution in [2.45, 2.75) is 55.9 Å². The van der Waals surface area contributed by atoms with Crippen LogP contribution in [0.2, 0.25) is 0 Å². The molecule has 0 radical (unpaired) electrons. The molecule has 2 aliphatic rings. The number of aromatic amines is 1. The van der Waals surface area contributed by atoms with Crippen LogP contribution in [0.15, 0.2) is 47.4 Å². The van der Waals surface area contributed by atoms with Gasteiger partial charge in [-0.25, -0.2) is 9.78 Å². The Morgan fingerprint density at radius 2 is 1.89 bits per heavy atom. The number of carbonyl (C=O) groups excluding carboxylic acids is 2. The van der Waals surface area contributed by atoms with Crippen molar-refractivity contribution < 1.29 is 22.2 Å².